The number of carbonyl (C=O) groups excluding carboxylic acids is 2. The number of rotatable bonds is 2. The molecule has 1 aliphatic rings. The smallest absolute Gasteiger partial charge is 0.308 e. The van der Waals surface area contributed by atoms with E-state index >= 15 is 0 Å². The zero-order chi connectivity index (χ0) is 15.7. The minimum absolute atomic E-state index is 0.366. The summed E-state index contributed by atoms with van der Waals surface area (Å²) in [5.74, 6) is 1.68. The Balaban J connectivity index is 1.89. The molecule has 0 radical (unpaired) electrons. The van der Waals surface area contributed by atoms with Crippen molar-refractivity contribution in [3.63, 3.8) is 0 Å². The van der Waals surface area contributed by atoms with Gasteiger partial charge in [0, 0.05) is 31.4 Å². The lowest BCUT2D eigenvalue weighted by atomic mass is 10.00. The molecule has 0 fully saturated rings. The average molecular weight is 298 g/mol. The molecule has 1 heterocycles. The predicted molar refractivity (Wildman–Crippen MR) is 78.4 cm³/mol. The van der Waals surface area contributed by atoms with E-state index in [4.69, 9.17) is 14.2 Å². The zero-order valence-corrected chi connectivity index (χ0v) is 12.2. The fraction of sp³-hybridized carbons (Fsp3) is 0.176. The Kier molecular flexibility index (Phi) is 3.55. The molecular weight excluding hydrogens is 284 g/mol. The van der Waals surface area contributed by atoms with Crippen molar-refractivity contribution in [1.82, 2.24) is 0 Å². The highest BCUT2D eigenvalue weighted by atomic mass is 16.5. The first-order valence-electron chi connectivity index (χ1n) is 6.82. The van der Waals surface area contributed by atoms with Crippen LogP contribution in [0, 0.1) is 0 Å². The predicted octanol–water partition coefficient (Wildman–Crippen LogP) is 3.23. The van der Waals surface area contributed by atoms with Crippen LogP contribution in [0.5, 0.6) is 23.0 Å². The van der Waals surface area contributed by atoms with Crippen LogP contribution in [0.1, 0.15) is 25.0 Å². The van der Waals surface area contributed by atoms with Crippen molar-refractivity contribution in [3.8, 4) is 23.0 Å². The Morgan fingerprint density at radius 2 is 1.32 bits per heavy atom. The summed E-state index contributed by atoms with van der Waals surface area (Å²) in [7, 11) is 0. The van der Waals surface area contributed by atoms with Crippen molar-refractivity contribution in [2.45, 2.75) is 20.3 Å². The van der Waals surface area contributed by atoms with Gasteiger partial charge in [-0.15, -0.1) is 0 Å². The van der Waals surface area contributed by atoms with E-state index in [1.165, 1.54) is 13.8 Å². The van der Waals surface area contributed by atoms with E-state index in [1.807, 2.05) is 0 Å². The Morgan fingerprint density at radius 3 is 1.73 bits per heavy atom. The summed E-state index contributed by atoms with van der Waals surface area (Å²) in [6, 6.07) is 10.5. The zero-order valence-electron chi connectivity index (χ0n) is 12.2. The van der Waals surface area contributed by atoms with Gasteiger partial charge in [-0.3, -0.25) is 9.59 Å². The number of hydrogen-bond donors (Lipinski definition) is 0. The summed E-state index contributed by atoms with van der Waals surface area (Å²) in [5.41, 5.74) is 1.82. The molecule has 22 heavy (non-hydrogen) atoms. The van der Waals surface area contributed by atoms with Gasteiger partial charge in [0.05, 0.1) is 0 Å². The van der Waals surface area contributed by atoms with Crippen molar-refractivity contribution in [1.29, 1.82) is 0 Å². The van der Waals surface area contributed by atoms with E-state index in [0.717, 1.165) is 22.6 Å². The highest BCUT2D eigenvalue weighted by molar-refractivity contribution is 5.70. The highest BCUT2D eigenvalue weighted by Crippen LogP contribution is 2.39. The maximum atomic E-state index is 11.0. The number of hydrogen-bond acceptors (Lipinski definition) is 5. The van der Waals surface area contributed by atoms with E-state index < -0.39 is 0 Å². The van der Waals surface area contributed by atoms with Crippen LogP contribution < -0.4 is 14.2 Å². The van der Waals surface area contributed by atoms with Gasteiger partial charge in [-0.25, -0.2) is 0 Å². The van der Waals surface area contributed by atoms with Gasteiger partial charge in [0.15, 0.2) is 0 Å². The molecule has 112 valence electrons. The third-order valence-electron chi connectivity index (χ3n) is 3.19. The Hall–Kier alpha value is -2.82. The molecule has 0 aliphatic carbocycles. The monoisotopic (exact) mass is 298 g/mol. The van der Waals surface area contributed by atoms with Gasteiger partial charge in [-0.1, -0.05) is 0 Å². The SMILES string of the molecule is CC(=O)Oc1ccc2c(c1)Cc1cc(OC(C)=O)ccc1O2. The summed E-state index contributed by atoms with van der Waals surface area (Å²) < 4.78 is 16.0. The van der Waals surface area contributed by atoms with Crippen LogP contribution in [0.2, 0.25) is 0 Å². The molecule has 0 aromatic heterocycles. The molecular formula is C17H14O5. The molecule has 0 N–H and O–H groups in total. The van der Waals surface area contributed by atoms with Gasteiger partial charge in [-0.05, 0) is 36.4 Å². The number of carbonyl (C=O) groups is 2. The second-order valence-corrected chi connectivity index (χ2v) is 5.01. The Bertz CT molecular complexity index is 700. The van der Waals surface area contributed by atoms with Crippen LogP contribution in [0.15, 0.2) is 36.4 Å². The summed E-state index contributed by atoms with van der Waals surface area (Å²) >= 11 is 0. The minimum Gasteiger partial charge on any atom is -0.457 e. The molecule has 5 nitrogen and oxygen atoms in total. The molecule has 0 saturated carbocycles. The molecule has 1 aliphatic heterocycles. The van der Waals surface area contributed by atoms with E-state index in [1.54, 1.807) is 36.4 Å². The molecule has 5 heteroatoms. The molecule has 3 rings (SSSR count). The van der Waals surface area contributed by atoms with Crippen LogP contribution in [0.4, 0.5) is 0 Å². The van der Waals surface area contributed by atoms with Crippen LogP contribution >= 0.6 is 0 Å². The van der Waals surface area contributed by atoms with E-state index in [0.29, 0.717) is 17.9 Å². The first kappa shape index (κ1) is 14.1. The maximum absolute atomic E-state index is 11.0. The standard InChI is InChI=1S/C17H14O5/c1-10(18)20-14-3-5-16-12(8-14)7-13-9-15(21-11(2)19)4-6-17(13)22-16/h3-6,8-9H,7H2,1-2H3. The molecule has 0 unspecified atom stereocenters. The number of benzene rings is 2. The lowest BCUT2D eigenvalue weighted by Crippen LogP contribution is -2.07. The van der Waals surface area contributed by atoms with Crippen molar-refractivity contribution < 1.29 is 23.8 Å². The molecule has 0 bridgehead atoms. The molecule has 2 aromatic carbocycles. The fourth-order valence-electron chi connectivity index (χ4n) is 2.37. The number of ether oxygens (including phenoxy) is 3. The van der Waals surface area contributed by atoms with Gasteiger partial charge in [-0.2, -0.15) is 0 Å². The van der Waals surface area contributed by atoms with Gasteiger partial charge in [0.2, 0.25) is 0 Å². The Labute approximate surface area is 127 Å². The molecule has 2 aromatic rings. The van der Waals surface area contributed by atoms with Crippen LogP contribution in [-0.4, -0.2) is 11.9 Å². The van der Waals surface area contributed by atoms with Crippen molar-refractivity contribution in [3.05, 3.63) is 47.5 Å². The third-order valence-corrected chi connectivity index (χ3v) is 3.19. The van der Waals surface area contributed by atoms with E-state index in [2.05, 4.69) is 0 Å². The topological polar surface area (TPSA) is 61.8 Å². The summed E-state index contributed by atoms with van der Waals surface area (Å²) in [4.78, 5) is 22.1. The Morgan fingerprint density at radius 1 is 0.864 bits per heavy atom. The van der Waals surface area contributed by atoms with Crippen LogP contribution in [0.3, 0.4) is 0 Å². The van der Waals surface area contributed by atoms with Crippen molar-refractivity contribution in [2.75, 3.05) is 0 Å². The molecule has 0 saturated heterocycles. The van der Waals surface area contributed by atoms with E-state index in [9.17, 15) is 9.59 Å². The normalized spacial score (nSPS) is 11.7. The van der Waals surface area contributed by atoms with Gasteiger partial charge in [0.1, 0.15) is 23.0 Å². The third kappa shape index (κ3) is 2.93. The van der Waals surface area contributed by atoms with Crippen LogP contribution in [-0.2, 0) is 16.0 Å². The largest absolute Gasteiger partial charge is 0.457 e. The first-order chi connectivity index (χ1) is 10.5. The fourth-order valence-corrected chi connectivity index (χ4v) is 2.37. The first-order valence-corrected chi connectivity index (χ1v) is 6.82. The quantitative estimate of drug-likeness (QED) is 0.537. The van der Waals surface area contributed by atoms with Crippen molar-refractivity contribution >= 4 is 11.9 Å². The minimum atomic E-state index is -0.366. The average Bonchev–Trinajstić information content (AvgIpc) is 2.43. The summed E-state index contributed by atoms with van der Waals surface area (Å²) in [6.45, 7) is 2.72. The van der Waals surface area contributed by atoms with Gasteiger partial charge < -0.3 is 14.2 Å². The second-order valence-electron chi connectivity index (χ2n) is 5.01. The maximum Gasteiger partial charge on any atom is 0.308 e. The van der Waals surface area contributed by atoms with Crippen molar-refractivity contribution in [2.24, 2.45) is 0 Å². The molecule has 0 spiro atoms. The lowest BCUT2D eigenvalue weighted by Gasteiger charge is -2.21. The van der Waals surface area contributed by atoms with E-state index in [-0.39, 0.29) is 11.9 Å². The summed E-state index contributed by atoms with van der Waals surface area (Å²) in [5, 5.41) is 0. The van der Waals surface area contributed by atoms with Gasteiger partial charge in [0.25, 0.3) is 0 Å². The second kappa shape index (κ2) is 5.52. The van der Waals surface area contributed by atoms with Gasteiger partial charge >= 0.3 is 11.9 Å². The van der Waals surface area contributed by atoms with Crippen LogP contribution in [0.25, 0.3) is 0 Å². The molecule has 0 amide bonds. The highest BCUT2D eigenvalue weighted by Gasteiger charge is 2.19. The molecule has 0 atom stereocenters. The lowest BCUT2D eigenvalue weighted by molar-refractivity contribution is -0.132. The summed E-state index contributed by atoms with van der Waals surface area (Å²) in [6.07, 6.45) is 0.606. The number of fused-ring (bicyclic) bond motifs is 2. The number of esters is 2.